The Morgan fingerprint density at radius 1 is 1.75 bits per heavy atom. The van der Waals surface area contributed by atoms with Crippen molar-refractivity contribution < 1.29 is 9.90 Å². The van der Waals surface area contributed by atoms with Gasteiger partial charge in [0.2, 0.25) is 0 Å². The van der Waals surface area contributed by atoms with Crippen LogP contribution in [0.2, 0.25) is 0 Å². The monoisotopic (exact) mass is 169 g/mol. The first-order valence-corrected chi connectivity index (χ1v) is 3.60. The van der Waals surface area contributed by atoms with E-state index in [-0.39, 0.29) is 12.6 Å². The zero-order valence-corrected chi connectivity index (χ0v) is 6.84. The number of carbonyl (C=O) groups is 1. The molecular formula is C7H11N3O2. The number of rotatable bonds is 2. The van der Waals surface area contributed by atoms with E-state index >= 15 is 0 Å². The predicted octanol–water partition coefficient (Wildman–Crippen LogP) is -0.225. The van der Waals surface area contributed by atoms with Gasteiger partial charge >= 0.3 is 6.03 Å². The summed E-state index contributed by atoms with van der Waals surface area (Å²) >= 11 is 0. The molecule has 12 heavy (non-hydrogen) atoms. The Morgan fingerprint density at radius 2 is 2.50 bits per heavy atom. The van der Waals surface area contributed by atoms with Gasteiger partial charge < -0.3 is 10.0 Å². The number of hydrogen-bond donors (Lipinski definition) is 1. The molecule has 5 heteroatoms. The third kappa shape index (κ3) is 1.82. The summed E-state index contributed by atoms with van der Waals surface area (Å²) in [4.78, 5) is 16.5. The summed E-state index contributed by atoms with van der Waals surface area (Å²) in [5, 5.41) is 8.56. The van der Waals surface area contributed by atoms with Crippen LogP contribution in [0.3, 0.4) is 0 Å². The van der Waals surface area contributed by atoms with Gasteiger partial charge in [-0.1, -0.05) is 0 Å². The summed E-state index contributed by atoms with van der Waals surface area (Å²) in [5.74, 6) is 0. The number of aromatic nitrogens is 2. The molecule has 1 aromatic heterocycles. The molecule has 0 bridgehead atoms. The molecule has 0 fully saturated rings. The van der Waals surface area contributed by atoms with Crippen LogP contribution in [-0.2, 0) is 0 Å². The van der Waals surface area contributed by atoms with Gasteiger partial charge in [0.05, 0.1) is 6.61 Å². The zero-order valence-electron chi connectivity index (χ0n) is 6.84. The van der Waals surface area contributed by atoms with E-state index in [0.29, 0.717) is 6.54 Å². The van der Waals surface area contributed by atoms with Gasteiger partial charge in [0.1, 0.15) is 6.33 Å². The molecule has 0 aliphatic heterocycles. The van der Waals surface area contributed by atoms with Crippen LogP contribution in [0.25, 0.3) is 0 Å². The first kappa shape index (κ1) is 8.73. The molecular weight excluding hydrogens is 158 g/mol. The summed E-state index contributed by atoms with van der Waals surface area (Å²) in [6, 6.07) is -0.193. The van der Waals surface area contributed by atoms with Crippen LogP contribution in [0.4, 0.5) is 4.79 Å². The number of carbonyl (C=O) groups excluding carboxylic acids is 1. The molecule has 0 atom stereocenters. The number of likely N-dealkylation sites (N-methyl/N-ethyl adjacent to an activating group) is 1. The van der Waals surface area contributed by atoms with Crippen LogP contribution in [0.15, 0.2) is 18.7 Å². The number of hydrogen-bond acceptors (Lipinski definition) is 3. The van der Waals surface area contributed by atoms with E-state index in [2.05, 4.69) is 4.98 Å². The van der Waals surface area contributed by atoms with Gasteiger partial charge in [0, 0.05) is 26.0 Å². The van der Waals surface area contributed by atoms with Crippen molar-refractivity contribution in [3.63, 3.8) is 0 Å². The lowest BCUT2D eigenvalue weighted by Crippen LogP contribution is -2.32. The molecule has 0 radical (unpaired) electrons. The first-order chi connectivity index (χ1) is 5.75. The van der Waals surface area contributed by atoms with Crippen molar-refractivity contribution in [2.45, 2.75) is 0 Å². The Hall–Kier alpha value is -1.36. The molecule has 0 unspecified atom stereocenters. The summed E-state index contributed by atoms with van der Waals surface area (Å²) in [5.41, 5.74) is 0. The summed E-state index contributed by atoms with van der Waals surface area (Å²) < 4.78 is 1.36. The van der Waals surface area contributed by atoms with Gasteiger partial charge in [-0.3, -0.25) is 4.57 Å². The molecule has 66 valence electrons. The van der Waals surface area contributed by atoms with E-state index in [9.17, 15) is 4.79 Å². The normalized spacial score (nSPS) is 9.83. The Balaban J connectivity index is 2.59. The third-order valence-corrected chi connectivity index (χ3v) is 1.49. The molecule has 0 aliphatic carbocycles. The second kappa shape index (κ2) is 3.87. The lowest BCUT2D eigenvalue weighted by molar-refractivity contribution is 0.192. The topological polar surface area (TPSA) is 58.4 Å². The molecule has 0 aromatic carbocycles. The lowest BCUT2D eigenvalue weighted by Gasteiger charge is -2.14. The van der Waals surface area contributed by atoms with Crippen molar-refractivity contribution in [1.29, 1.82) is 0 Å². The minimum Gasteiger partial charge on any atom is -0.395 e. The van der Waals surface area contributed by atoms with E-state index in [1.54, 1.807) is 13.2 Å². The van der Waals surface area contributed by atoms with E-state index in [1.165, 1.54) is 22.0 Å². The van der Waals surface area contributed by atoms with Crippen LogP contribution < -0.4 is 0 Å². The van der Waals surface area contributed by atoms with Crippen LogP contribution >= 0.6 is 0 Å². The highest BCUT2D eigenvalue weighted by Gasteiger charge is 2.08. The van der Waals surface area contributed by atoms with Crippen LogP contribution in [0.1, 0.15) is 0 Å². The van der Waals surface area contributed by atoms with Gasteiger partial charge in [-0.25, -0.2) is 9.78 Å². The molecule has 1 heterocycles. The summed E-state index contributed by atoms with van der Waals surface area (Å²) in [7, 11) is 1.62. The molecule has 0 saturated heterocycles. The maximum absolute atomic E-state index is 11.3. The minimum absolute atomic E-state index is 0.0308. The fourth-order valence-electron chi connectivity index (χ4n) is 0.815. The maximum Gasteiger partial charge on any atom is 0.329 e. The van der Waals surface area contributed by atoms with E-state index in [1.807, 2.05) is 0 Å². The average Bonchev–Trinajstić information content (AvgIpc) is 2.55. The number of amides is 1. The highest BCUT2D eigenvalue weighted by Crippen LogP contribution is 1.91. The largest absolute Gasteiger partial charge is 0.395 e. The highest BCUT2D eigenvalue weighted by atomic mass is 16.3. The maximum atomic E-state index is 11.3. The zero-order chi connectivity index (χ0) is 8.97. The quantitative estimate of drug-likeness (QED) is 0.665. The molecule has 1 N–H and O–H groups in total. The van der Waals surface area contributed by atoms with Gasteiger partial charge in [-0.15, -0.1) is 0 Å². The van der Waals surface area contributed by atoms with Gasteiger partial charge in [-0.2, -0.15) is 0 Å². The molecule has 1 aromatic rings. The molecule has 0 saturated carbocycles. The Bertz CT molecular complexity index is 245. The summed E-state index contributed by atoms with van der Waals surface area (Å²) in [6.45, 7) is 0.300. The van der Waals surface area contributed by atoms with Gasteiger partial charge in [0.25, 0.3) is 0 Å². The third-order valence-electron chi connectivity index (χ3n) is 1.49. The van der Waals surface area contributed by atoms with Crippen molar-refractivity contribution in [3.05, 3.63) is 18.7 Å². The van der Waals surface area contributed by atoms with Crippen molar-refractivity contribution in [2.75, 3.05) is 20.2 Å². The Labute approximate surface area is 70.2 Å². The molecule has 1 amide bonds. The molecule has 0 spiro atoms. The van der Waals surface area contributed by atoms with Crippen molar-refractivity contribution >= 4 is 6.03 Å². The van der Waals surface area contributed by atoms with Gasteiger partial charge in [-0.05, 0) is 0 Å². The number of imidazole rings is 1. The fourth-order valence-corrected chi connectivity index (χ4v) is 0.815. The SMILES string of the molecule is CN(CCO)C(=O)n1ccnc1. The van der Waals surface area contributed by atoms with Crippen LogP contribution in [0.5, 0.6) is 0 Å². The van der Waals surface area contributed by atoms with Crippen LogP contribution in [0, 0.1) is 0 Å². The molecule has 0 aliphatic rings. The number of aliphatic hydroxyl groups excluding tert-OH is 1. The predicted molar refractivity (Wildman–Crippen MR) is 42.7 cm³/mol. The summed E-state index contributed by atoms with van der Waals surface area (Å²) in [6.07, 6.45) is 4.52. The van der Waals surface area contributed by atoms with E-state index < -0.39 is 0 Å². The number of nitrogens with zero attached hydrogens (tertiary/aromatic N) is 3. The highest BCUT2D eigenvalue weighted by molar-refractivity contribution is 5.76. The first-order valence-electron chi connectivity index (χ1n) is 3.60. The fraction of sp³-hybridized carbons (Fsp3) is 0.429. The van der Waals surface area contributed by atoms with Crippen molar-refractivity contribution in [1.82, 2.24) is 14.5 Å². The lowest BCUT2D eigenvalue weighted by atomic mass is 10.6. The molecule has 1 rings (SSSR count). The smallest absolute Gasteiger partial charge is 0.329 e. The van der Waals surface area contributed by atoms with E-state index in [0.717, 1.165) is 0 Å². The number of aliphatic hydroxyl groups is 1. The van der Waals surface area contributed by atoms with Crippen molar-refractivity contribution in [3.8, 4) is 0 Å². The van der Waals surface area contributed by atoms with Crippen molar-refractivity contribution in [2.24, 2.45) is 0 Å². The van der Waals surface area contributed by atoms with Crippen LogP contribution in [-0.4, -0.2) is 45.8 Å². The van der Waals surface area contributed by atoms with E-state index in [4.69, 9.17) is 5.11 Å². The average molecular weight is 169 g/mol. The minimum atomic E-state index is -0.193. The second-order valence-corrected chi connectivity index (χ2v) is 2.40. The second-order valence-electron chi connectivity index (χ2n) is 2.40. The standard InChI is InChI=1S/C7H11N3O2/c1-9(4-5-11)7(12)10-3-2-8-6-10/h2-3,6,11H,4-5H2,1H3. The Kier molecular flexibility index (Phi) is 2.82. The Morgan fingerprint density at radius 3 is 3.00 bits per heavy atom. The van der Waals surface area contributed by atoms with Gasteiger partial charge in [0.15, 0.2) is 0 Å². The molecule has 5 nitrogen and oxygen atoms in total.